The van der Waals surface area contributed by atoms with Crippen molar-refractivity contribution in [2.75, 3.05) is 6.54 Å². The highest BCUT2D eigenvalue weighted by atomic mass is 16.1. The summed E-state index contributed by atoms with van der Waals surface area (Å²) in [5.41, 5.74) is 1.36. The summed E-state index contributed by atoms with van der Waals surface area (Å²) in [4.78, 5) is 15.7. The number of rotatable bonds is 5. The summed E-state index contributed by atoms with van der Waals surface area (Å²) in [6, 6.07) is 0. The Morgan fingerprint density at radius 2 is 2.29 bits per heavy atom. The highest BCUT2D eigenvalue weighted by molar-refractivity contribution is 5.94. The van der Waals surface area contributed by atoms with Crippen LogP contribution in [0.25, 0.3) is 0 Å². The van der Waals surface area contributed by atoms with E-state index in [9.17, 15) is 4.79 Å². The molecular weight excluding hydrogens is 220 g/mol. The molecule has 0 atom stereocenters. The summed E-state index contributed by atoms with van der Waals surface area (Å²) in [7, 11) is 0. The summed E-state index contributed by atoms with van der Waals surface area (Å²) >= 11 is 0. The van der Waals surface area contributed by atoms with Gasteiger partial charge in [0.05, 0.1) is 11.8 Å². The third kappa shape index (κ3) is 2.90. The Balaban J connectivity index is 1.72. The van der Waals surface area contributed by atoms with E-state index in [1.54, 1.807) is 0 Å². The van der Waals surface area contributed by atoms with Crippen molar-refractivity contribution in [2.24, 2.45) is 0 Å². The monoisotopic (exact) mass is 234 g/mol. The predicted octanol–water partition coefficient (Wildman–Crippen LogP) is 0.199. The van der Waals surface area contributed by atoms with Crippen LogP contribution in [0.15, 0.2) is 12.5 Å². The summed E-state index contributed by atoms with van der Waals surface area (Å²) in [5, 5.41) is 15.9. The summed E-state index contributed by atoms with van der Waals surface area (Å²) in [6.07, 6.45) is 4.59. The lowest BCUT2D eigenvalue weighted by molar-refractivity contribution is 0.0952. The SMILES string of the molecule is Cc1[nH]ncc1C(=O)NCCCc1ncn[nH]1. The molecule has 2 aromatic heterocycles. The molecule has 0 spiro atoms. The third-order valence-corrected chi connectivity index (χ3v) is 2.42. The van der Waals surface area contributed by atoms with Crippen LogP contribution in [0, 0.1) is 6.92 Å². The molecule has 0 aliphatic rings. The molecule has 0 fully saturated rings. The van der Waals surface area contributed by atoms with E-state index in [-0.39, 0.29) is 5.91 Å². The number of carbonyl (C=O) groups is 1. The molecule has 0 bridgehead atoms. The van der Waals surface area contributed by atoms with Gasteiger partial charge in [-0.25, -0.2) is 4.98 Å². The van der Waals surface area contributed by atoms with Gasteiger partial charge in [-0.2, -0.15) is 10.2 Å². The van der Waals surface area contributed by atoms with Gasteiger partial charge in [0, 0.05) is 18.7 Å². The van der Waals surface area contributed by atoms with Crippen molar-refractivity contribution in [2.45, 2.75) is 19.8 Å². The van der Waals surface area contributed by atoms with Crippen molar-refractivity contribution in [3.05, 3.63) is 29.6 Å². The number of aryl methyl sites for hydroxylation is 2. The first-order valence-electron chi connectivity index (χ1n) is 5.40. The molecule has 0 aliphatic carbocycles. The molecule has 0 saturated heterocycles. The van der Waals surface area contributed by atoms with Gasteiger partial charge < -0.3 is 5.32 Å². The number of aromatic nitrogens is 5. The van der Waals surface area contributed by atoms with E-state index >= 15 is 0 Å². The topological polar surface area (TPSA) is 99.3 Å². The zero-order chi connectivity index (χ0) is 12.1. The lowest BCUT2D eigenvalue weighted by Crippen LogP contribution is -2.25. The van der Waals surface area contributed by atoms with E-state index in [0.29, 0.717) is 12.1 Å². The Morgan fingerprint density at radius 1 is 1.41 bits per heavy atom. The number of amides is 1. The standard InChI is InChI=1S/C10H14N6O/c1-7-8(5-13-15-7)10(17)11-4-2-3-9-12-6-14-16-9/h5-6H,2-4H2,1H3,(H,11,17)(H,13,15)(H,12,14,16). The summed E-state index contributed by atoms with van der Waals surface area (Å²) in [6.45, 7) is 2.42. The molecule has 3 N–H and O–H groups in total. The van der Waals surface area contributed by atoms with Crippen LogP contribution < -0.4 is 5.32 Å². The van der Waals surface area contributed by atoms with Gasteiger partial charge in [0.15, 0.2) is 0 Å². The average molecular weight is 234 g/mol. The molecule has 2 aromatic rings. The van der Waals surface area contributed by atoms with E-state index in [1.807, 2.05) is 6.92 Å². The zero-order valence-electron chi connectivity index (χ0n) is 9.53. The summed E-state index contributed by atoms with van der Waals surface area (Å²) in [5.74, 6) is 0.729. The lowest BCUT2D eigenvalue weighted by atomic mass is 10.2. The van der Waals surface area contributed by atoms with Crippen molar-refractivity contribution >= 4 is 5.91 Å². The van der Waals surface area contributed by atoms with Crippen molar-refractivity contribution in [3.8, 4) is 0 Å². The van der Waals surface area contributed by atoms with Crippen LogP contribution in [0.2, 0.25) is 0 Å². The van der Waals surface area contributed by atoms with Crippen molar-refractivity contribution in [3.63, 3.8) is 0 Å². The Hall–Kier alpha value is -2.18. The molecule has 0 unspecified atom stereocenters. The van der Waals surface area contributed by atoms with Gasteiger partial charge in [-0.1, -0.05) is 0 Å². The largest absolute Gasteiger partial charge is 0.352 e. The molecule has 90 valence electrons. The second kappa shape index (κ2) is 5.24. The van der Waals surface area contributed by atoms with E-state index < -0.39 is 0 Å². The number of H-pyrrole nitrogens is 2. The molecule has 7 nitrogen and oxygen atoms in total. The van der Waals surface area contributed by atoms with Crippen LogP contribution in [-0.2, 0) is 6.42 Å². The summed E-state index contributed by atoms with van der Waals surface area (Å²) < 4.78 is 0. The molecule has 1 amide bonds. The second-order valence-electron chi connectivity index (χ2n) is 3.70. The first-order chi connectivity index (χ1) is 8.27. The number of nitrogens with one attached hydrogen (secondary N) is 3. The first-order valence-corrected chi connectivity index (χ1v) is 5.40. The molecule has 2 rings (SSSR count). The van der Waals surface area contributed by atoms with Crippen LogP contribution >= 0.6 is 0 Å². The van der Waals surface area contributed by atoms with E-state index in [2.05, 4.69) is 30.7 Å². The van der Waals surface area contributed by atoms with E-state index in [4.69, 9.17) is 0 Å². The van der Waals surface area contributed by atoms with E-state index in [1.165, 1.54) is 12.5 Å². The van der Waals surface area contributed by atoms with Crippen molar-refractivity contribution in [1.82, 2.24) is 30.7 Å². The van der Waals surface area contributed by atoms with Crippen LogP contribution in [0.4, 0.5) is 0 Å². The number of hydrogen-bond donors (Lipinski definition) is 3. The maximum Gasteiger partial charge on any atom is 0.254 e. The molecule has 0 radical (unpaired) electrons. The molecular formula is C10H14N6O. The number of nitrogens with zero attached hydrogens (tertiary/aromatic N) is 3. The van der Waals surface area contributed by atoms with Gasteiger partial charge in [-0.05, 0) is 13.3 Å². The zero-order valence-corrected chi connectivity index (χ0v) is 9.53. The fourth-order valence-electron chi connectivity index (χ4n) is 1.48. The average Bonchev–Trinajstić information content (AvgIpc) is 2.95. The minimum absolute atomic E-state index is 0.103. The molecule has 0 saturated carbocycles. The highest BCUT2D eigenvalue weighted by Crippen LogP contribution is 2.01. The Morgan fingerprint density at radius 3 is 2.94 bits per heavy atom. The second-order valence-corrected chi connectivity index (χ2v) is 3.70. The fraction of sp³-hybridized carbons (Fsp3) is 0.400. The predicted molar refractivity (Wildman–Crippen MR) is 60.4 cm³/mol. The van der Waals surface area contributed by atoms with Crippen LogP contribution in [0.1, 0.15) is 28.3 Å². The Labute approximate surface area is 98.0 Å². The smallest absolute Gasteiger partial charge is 0.254 e. The maximum absolute atomic E-state index is 11.7. The number of hydrogen-bond acceptors (Lipinski definition) is 4. The third-order valence-electron chi connectivity index (χ3n) is 2.42. The van der Waals surface area contributed by atoms with Crippen LogP contribution in [0.3, 0.4) is 0 Å². The molecule has 2 heterocycles. The van der Waals surface area contributed by atoms with Crippen LogP contribution in [0.5, 0.6) is 0 Å². The fourth-order valence-corrected chi connectivity index (χ4v) is 1.48. The molecule has 0 aliphatic heterocycles. The number of aromatic amines is 2. The molecule has 7 heteroatoms. The molecule has 0 aromatic carbocycles. The van der Waals surface area contributed by atoms with Gasteiger partial charge in [0.25, 0.3) is 5.91 Å². The van der Waals surface area contributed by atoms with Gasteiger partial charge >= 0.3 is 0 Å². The minimum atomic E-state index is -0.103. The lowest BCUT2D eigenvalue weighted by Gasteiger charge is -2.02. The Bertz CT molecular complexity index is 475. The quantitative estimate of drug-likeness (QED) is 0.643. The van der Waals surface area contributed by atoms with Gasteiger partial charge in [0.1, 0.15) is 12.2 Å². The maximum atomic E-state index is 11.7. The van der Waals surface area contributed by atoms with E-state index in [0.717, 1.165) is 24.4 Å². The first kappa shape index (κ1) is 11.3. The normalized spacial score (nSPS) is 10.4. The van der Waals surface area contributed by atoms with Gasteiger partial charge in [0.2, 0.25) is 0 Å². The van der Waals surface area contributed by atoms with Gasteiger partial charge in [-0.15, -0.1) is 0 Å². The van der Waals surface area contributed by atoms with Crippen molar-refractivity contribution in [1.29, 1.82) is 0 Å². The molecule has 17 heavy (non-hydrogen) atoms. The minimum Gasteiger partial charge on any atom is -0.352 e. The highest BCUT2D eigenvalue weighted by Gasteiger charge is 2.09. The van der Waals surface area contributed by atoms with Gasteiger partial charge in [-0.3, -0.25) is 15.0 Å². The Kier molecular flexibility index (Phi) is 3.49. The van der Waals surface area contributed by atoms with Crippen molar-refractivity contribution < 1.29 is 4.79 Å². The van der Waals surface area contributed by atoms with Crippen LogP contribution in [-0.4, -0.2) is 37.8 Å². The number of carbonyl (C=O) groups excluding carboxylic acids is 1.